The molecule has 0 fully saturated rings. The number of rotatable bonds is 13. The van der Waals surface area contributed by atoms with E-state index in [4.69, 9.17) is 4.74 Å². The summed E-state index contributed by atoms with van der Waals surface area (Å²) in [4.78, 5) is 43.6. The molecule has 0 saturated heterocycles. The Labute approximate surface area is 342 Å². The molecular weight excluding hydrogens is 775 g/mol. The highest BCUT2D eigenvalue weighted by atomic mass is 32.2. The summed E-state index contributed by atoms with van der Waals surface area (Å²) in [5.41, 5.74) is 5.66. The van der Waals surface area contributed by atoms with Crippen molar-refractivity contribution in [2.45, 2.75) is 52.1 Å². The van der Waals surface area contributed by atoms with E-state index < -0.39 is 11.9 Å². The highest BCUT2D eigenvalue weighted by Crippen LogP contribution is 2.49. The van der Waals surface area contributed by atoms with Crippen molar-refractivity contribution in [3.8, 4) is 27.4 Å². The number of hydrogen-bond acceptors (Lipinski definition) is 8. The normalized spacial score (nSPS) is 13.9. The number of carboxylic acid groups (broad SMARTS) is 2. The van der Waals surface area contributed by atoms with Gasteiger partial charge >= 0.3 is 11.9 Å². The molecule has 0 unspecified atom stereocenters. The smallest absolute Gasteiger partial charge is 0.336 e. The molecular formula is C45H42N3O6S3+. The highest BCUT2D eigenvalue weighted by molar-refractivity contribution is 8.03. The molecule has 1 aliphatic heterocycles. The van der Waals surface area contributed by atoms with Crippen LogP contribution in [0.3, 0.4) is 0 Å². The number of ether oxygens (including phenoxy) is 1. The lowest BCUT2D eigenvalue weighted by Gasteiger charge is -2.20. The van der Waals surface area contributed by atoms with E-state index >= 15 is 0 Å². The van der Waals surface area contributed by atoms with E-state index in [-0.39, 0.29) is 24.1 Å². The van der Waals surface area contributed by atoms with Crippen LogP contribution in [0.5, 0.6) is 5.75 Å². The van der Waals surface area contributed by atoms with Gasteiger partial charge in [-0.25, -0.2) is 4.79 Å². The van der Waals surface area contributed by atoms with Crippen LogP contribution < -0.4 is 29.0 Å². The van der Waals surface area contributed by atoms with Crippen LogP contribution in [0.25, 0.3) is 33.3 Å². The average molecular weight is 817 g/mol. The summed E-state index contributed by atoms with van der Waals surface area (Å²) in [6.45, 7) is 9.71. The highest BCUT2D eigenvalue weighted by Gasteiger charge is 2.30. The van der Waals surface area contributed by atoms with Gasteiger partial charge in [0.05, 0.1) is 29.0 Å². The molecule has 0 saturated carbocycles. The number of thioether (sulfide) groups is 1. The summed E-state index contributed by atoms with van der Waals surface area (Å²) in [6, 6.07) is 30.9. The molecule has 2 N–H and O–H groups in total. The van der Waals surface area contributed by atoms with Crippen molar-refractivity contribution < 1.29 is 29.1 Å². The van der Waals surface area contributed by atoms with Crippen LogP contribution in [-0.4, -0.2) is 39.9 Å². The van der Waals surface area contributed by atoms with E-state index in [0.717, 1.165) is 53.6 Å². The Bertz CT molecular complexity index is 2700. The molecule has 4 aromatic carbocycles. The van der Waals surface area contributed by atoms with E-state index in [1.165, 1.54) is 11.3 Å². The third-order valence-corrected chi connectivity index (χ3v) is 13.1. The van der Waals surface area contributed by atoms with E-state index in [9.17, 15) is 24.6 Å². The predicted octanol–water partition coefficient (Wildman–Crippen LogP) is 7.99. The first-order valence-corrected chi connectivity index (χ1v) is 21.2. The molecule has 0 atom stereocenters. The molecule has 9 nitrogen and oxygen atoms in total. The van der Waals surface area contributed by atoms with Crippen molar-refractivity contribution in [1.29, 1.82) is 0 Å². The van der Waals surface area contributed by atoms with E-state index in [1.54, 1.807) is 51.9 Å². The van der Waals surface area contributed by atoms with Gasteiger partial charge in [-0.2, -0.15) is 4.57 Å². The second-order valence-corrected chi connectivity index (χ2v) is 16.3. The molecule has 57 heavy (non-hydrogen) atoms. The summed E-state index contributed by atoms with van der Waals surface area (Å²) in [6.07, 6.45) is 3.82. The van der Waals surface area contributed by atoms with Gasteiger partial charge < -0.3 is 19.8 Å². The summed E-state index contributed by atoms with van der Waals surface area (Å²) in [7, 11) is 0. The fourth-order valence-electron chi connectivity index (χ4n) is 7.02. The maximum atomic E-state index is 14.7. The minimum Gasteiger partial charge on any atom is -0.494 e. The number of nitrogens with zero attached hydrogens (tertiary/aromatic N) is 3. The number of thiazole rings is 2. The number of hydrogen-bond donors (Lipinski definition) is 2. The minimum atomic E-state index is -1.09. The third-order valence-electron chi connectivity index (χ3n) is 9.67. The van der Waals surface area contributed by atoms with Crippen molar-refractivity contribution in [1.82, 2.24) is 4.57 Å². The SMILES string of the molecule is CCOc1cc2c(cc1C)S/C(=C\C(c1ccccc1C(=O)O)=c1\sc(=Cc3sc(-c4ccccc4)c(-c4ccccc4)[n+]3CCC(=O)O)n(CC)c1=O)N2CC. The zero-order valence-electron chi connectivity index (χ0n) is 32.0. The number of aromatic carboxylic acids is 1. The number of anilines is 1. The zero-order chi connectivity index (χ0) is 40.2. The van der Waals surface area contributed by atoms with Gasteiger partial charge in [0.15, 0.2) is 6.54 Å². The lowest BCUT2D eigenvalue weighted by atomic mass is 9.99. The van der Waals surface area contributed by atoms with Gasteiger partial charge in [0, 0.05) is 35.2 Å². The maximum Gasteiger partial charge on any atom is 0.336 e. The van der Waals surface area contributed by atoms with Crippen LogP contribution in [0, 0.1) is 6.92 Å². The lowest BCUT2D eigenvalue weighted by molar-refractivity contribution is -0.681. The topological polar surface area (TPSA) is 113 Å². The van der Waals surface area contributed by atoms with Gasteiger partial charge in [0.1, 0.15) is 26.2 Å². The second kappa shape index (κ2) is 17.2. The number of aliphatic carboxylic acids is 1. The van der Waals surface area contributed by atoms with Crippen molar-refractivity contribution in [3.63, 3.8) is 0 Å². The summed E-state index contributed by atoms with van der Waals surface area (Å²) in [5.74, 6) is -1.20. The van der Waals surface area contributed by atoms with Crippen molar-refractivity contribution >= 4 is 63.7 Å². The van der Waals surface area contributed by atoms with Gasteiger partial charge in [-0.1, -0.05) is 89.8 Å². The standard InChI is InChI=1S/C45H41N3O6S3/c1-5-46-34-26-35(54-7-3)28(4)24-36(34)55-37(46)25-33(31-20-14-15-21-32(31)45(52)53)43-44(51)47(6-2)38(57-43)27-39-48(23-22-40(49)50)41(29-16-10-8-11-17-29)42(56-39)30-18-12-9-13-19-30/h8-21,24-27H,5-7,22-23H2,1-4H3,(H-,49,50,52,53)/p+1/b37-25-,43-33-. The first-order valence-electron chi connectivity index (χ1n) is 18.8. The number of benzene rings is 4. The Morgan fingerprint density at radius 1 is 0.842 bits per heavy atom. The Hall–Kier alpha value is -5.69. The molecule has 6 aromatic rings. The number of carboxylic acids is 2. The van der Waals surface area contributed by atoms with Crippen LogP contribution in [0.1, 0.15) is 53.7 Å². The first-order chi connectivity index (χ1) is 27.6. The molecule has 2 aromatic heterocycles. The molecule has 0 amide bonds. The van der Waals surface area contributed by atoms with Gasteiger partial charge in [-0.3, -0.25) is 14.2 Å². The van der Waals surface area contributed by atoms with Gasteiger partial charge in [0.2, 0.25) is 5.69 Å². The second-order valence-electron chi connectivity index (χ2n) is 13.2. The minimum absolute atomic E-state index is 0.0912. The van der Waals surface area contributed by atoms with E-state index in [0.29, 0.717) is 40.0 Å². The van der Waals surface area contributed by atoms with Crippen molar-refractivity contribution in [2.24, 2.45) is 0 Å². The van der Waals surface area contributed by atoms with Gasteiger partial charge in [-0.15, -0.1) is 11.3 Å². The van der Waals surface area contributed by atoms with Crippen LogP contribution >= 0.6 is 34.4 Å². The summed E-state index contributed by atoms with van der Waals surface area (Å²) < 4.78 is 10.8. The number of aromatic nitrogens is 2. The quantitative estimate of drug-likeness (QED) is 0.113. The van der Waals surface area contributed by atoms with Crippen LogP contribution in [0.15, 0.2) is 118 Å². The maximum absolute atomic E-state index is 14.7. The van der Waals surface area contributed by atoms with Gasteiger partial charge in [-0.05, 0) is 74.7 Å². The Kier molecular flexibility index (Phi) is 11.9. The Morgan fingerprint density at radius 2 is 1.51 bits per heavy atom. The molecule has 290 valence electrons. The Balaban J connectivity index is 1.52. The third kappa shape index (κ3) is 7.98. The molecule has 0 bridgehead atoms. The van der Waals surface area contributed by atoms with Crippen LogP contribution in [-0.2, 0) is 17.9 Å². The monoisotopic (exact) mass is 816 g/mol. The molecule has 3 heterocycles. The van der Waals surface area contributed by atoms with Crippen molar-refractivity contribution in [2.75, 3.05) is 18.1 Å². The first kappa shape index (κ1) is 39.5. The van der Waals surface area contributed by atoms with E-state index in [1.807, 2.05) is 104 Å². The van der Waals surface area contributed by atoms with Crippen molar-refractivity contribution in [3.05, 3.63) is 149 Å². The summed E-state index contributed by atoms with van der Waals surface area (Å²) in [5, 5.41) is 21.9. The molecule has 0 radical (unpaired) electrons. The van der Waals surface area contributed by atoms with E-state index in [2.05, 4.69) is 17.9 Å². The average Bonchev–Trinajstić information content (AvgIpc) is 3.86. The number of carbonyl (C=O) groups is 2. The largest absolute Gasteiger partial charge is 0.494 e. The van der Waals surface area contributed by atoms with Crippen LogP contribution in [0.4, 0.5) is 5.69 Å². The van der Waals surface area contributed by atoms with Gasteiger partial charge in [0.25, 0.3) is 10.6 Å². The molecule has 0 spiro atoms. The molecule has 12 heteroatoms. The fraction of sp³-hybridized carbons (Fsp3) is 0.200. The molecule has 1 aliphatic rings. The Morgan fingerprint density at radius 3 is 2.14 bits per heavy atom. The lowest BCUT2D eigenvalue weighted by Crippen LogP contribution is -2.39. The number of aryl methyl sites for hydroxylation is 1. The summed E-state index contributed by atoms with van der Waals surface area (Å²) >= 11 is 4.43. The molecule has 0 aliphatic carbocycles. The number of allylic oxidation sites excluding steroid dienone is 1. The number of fused-ring (bicyclic) bond motifs is 1. The fourth-order valence-corrected chi connectivity index (χ4v) is 10.8. The van der Waals surface area contributed by atoms with Crippen LogP contribution in [0.2, 0.25) is 0 Å². The molecule has 7 rings (SSSR count). The zero-order valence-corrected chi connectivity index (χ0v) is 34.5. The predicted molar refractivity (Wildman–Crippen MR) is 230 cm³/mol.